The molecule has 0 aliphatic heterocycles. The third kappa shape index (κ3) is 4.17. The van der Waals surface area contributed by atoms with E-state index in [1.807, 2.05) is 36.4 Å². The van der Waals surface area contributed by atoms with Gasteiger partial charge >= 0.3 is 0 Å². The summed E-state index contributed by atoms with van der Waals surface area (Å²) in [5.41, 5.74) is 2.74. The van der Waals surface area contributed by atoms with E-state index in [2.05, 4.69) is 20.5 Å². The van der Waals surface area contributed by atoms with Gasteiger partial charge < -0.3 is 5.32 Å². The third-order valence-electron chi connectivity index (χ3n) is 3.36. The Morgan fingerprint density at radius 1 is 1.17 bits per heavy atom. The van der Waals surface area contributed by atoms with Crippen molar-refractivity contribution < 1.29 is 4.79 Å². The lowest BCUT2D eigenvalue weighted by Gasteiger charge is -2.03. The number of benzene rings is 1. The van der Waals surface area contributed by atoms with E-state index in [4.69, 9.17) is 11.6 Å². The summed E-state index contributed by atoms with van der Waals surface area (Å²) in [6.45, 7) is 0. The molecule has 2 heterocycles. The number of anilines is 1. The molecule has 1 aromatic carbocycles. The van der Waals surface area contributed by atoms with Gasteiger partial charge in [0.2, 0.25) is 5.91 Å². The molecule has 0 saturated carbocycles. The standard InChI is InChI=1S/C17H15ClN4O/c18-14-3-1-2-12(10-14)4-5-17(23)20-16-11-15(21-22-16)13-6-8-19-9-7-13/h1-3,6-11H,4-5H2,(H2,20,21,22,23). The van der Waals surface area contributed by atoms with Gasteiger partial charge in [0, 0.05) is 35.5 Å². The fourth-order valence-corrected chi connectivity index (χ4v) is 2.43. The van der Waals surface area contributed by atoms with Crippen LogP contribution in [0.4, 0.5) is 5.82 Å². The van der Waals surface area contributed by atoms with E-state index in [0.29, 0.717) is 23.7 Å². The van der Waals surface area contributed by atoms with E-state index in [1.54, 1.807) is 18.5 Å². The van der Waals surface area contributed by atoms with Gasteiger partial charge in [0.15, 0.2) is 0 Å². The first-order chi connectivity index (χ1) is 11.2. The monoisotopic (exact) mass is 326 g/mol. The van der Waals surface area contributed by atoms with Crippen LogP contribution >= 0.6 is 11.6 Å². The van der Waals surface area contributed by atoms with Crippen LogP contribution in [0.5, 0.6) is 0 Å². The van der Waals surface area contributed by atoms with Crippen molar-refractivity contribution in [1.82, 2.24) is 15.2 Å². The molecule has 0 aliphatic carbocycles. The molecule has 0 unspecified atom stereocenters. The number of amides is 1. The van der Waals surface area contributed by atoms with Gasteiger partial charge in [-0.25, -0.2) is 0 Å². The van der Waals surface area contributed by atoms with Crippen LogP contribution in [0.1, 0.15) is 12.0 Å². The minimum absolute atomic E-state index is 0.0742. The normalized spacial score (nSPS) is 10.5. The molecule has 0 radical (unpaired) electrons. The highest BCUT2D eigenvalue weighted by molar-refractivity contribution is 6.30. The average molecular weight is 327 g/mol. The zero-order valence-corrected chi connectivity index (χ0v) is 13.0. The van der Waals surface area contributed by atoms with Crippen LogP contribution in [-0.4, -0.2) is 21.1 Å². The maximum atomic E-state index is 12.0. The largest absolute Gasteiger partial charge is 0.311 e. The van der Waals surface area contributed by atoms with E-state index in [0.717, 1.165) is 16.8 Å². The molecular formula is C17H15ClN4O. The smallest absolute Gasteiger partial charge is 0.225 e. The van der Waals surface area contributed by atoms with E-state index in [-0.39, 0.29) is 5.91 Å². The number of aryl methyl sites for hydroxylation is 1. The number of pyridine rings is 1. The lowest BCUT2D eigenvalue weighted by molar-refractivity contribution is -0.116. The third-order valence-corrected chi connectivity index (χ3v) is 3.59. The lowest BCUT2D eigenvalue weighted by Crippen LogP contribution is -2.12. The van der Waals surface area contributed by atoms with Gasteiger partial charge in [0.1, 0.15) is 5.82 Å². The number of rotatable bonds is 5. The molecular weight excluding hydrogens is 312 g/mol. The molecule has 5 nitrogen and oxygen atoms in total. The number of aromatic amines is 1. The van der Waals surface area contributed by atoms with Crippen LogP contribution in [0.3, 0.4) is 0 Å². The van der Waals surface area contributed by atoms with Crippen LogP contribution < -0.4 is 5.32 Å². The van der Waals surface area contributed by atoms with E-state index >= 15 is 0 Å². The van der Waals surface area contributed by atoms with Gasteiger partial charge in [-0.05, 0) is 36.2 Å². The Bertz CT molecular complexity index is 801. The molecule has 0 fully saturated rings. The summed E-state index contributed by atoms with van der Waals surface area (Å²) in [4.78, 5) is 16.0. The zero-order chi connectivity index (χ0) is 16.1. The van der Waals surface area contributed by atoms with Crippen molar-refractivity contribution in [3.05, 3.63) is 65.4 Å². The quantitative estimate of drug-likeness (QED) is 0.751. The van der Waals surface area contributed by atoms with Crippen molar-refractivity contribution in [2.75, 3.05) is 5.32 Å². The Morgan fingerprint density at radius 2 is 2.00 bits per heavy atom. The fraction of sp³-hybridized carbons (Fsp3) is 0.118. The highest BCUT2D eigenvalue weighted by Crippen LogP contribution is 2.19. The molecule has 116 valence electrons. The van der Waals surface area contributed by atoms with Crippen LogP contribution in [0.2, 0.25) is 5.02 Å². The van der Waals surface area contributed by atoms with Gasteiger partial charge in [-0.2, -0.15) is 5.10 Å². The minimum atomic E-state index is -0.0742. The molecule has 6 heteroatoms. The van der Waals surface area contributed by atoms with E-state index in [1.165, 1.54) is 0 Å². The first-order valence-electron chi connectivity index (χ1n) is 7.21. The number of nitrogens with one attached hydrogen (secondary N) is 2. The van der Waals surface area contributed by atoms with Gasteiger partial charge in [0.05, 0.1) is 5.69 Å². The number of nitrogens with zero attached hydrogens (tertiary/aromatic N) is 2. The highest BCUT2D eigenvalue weighted by atomic mass is 35.5. The fourth-order valence-electron chi connectivity index (χ4n) is 2.22. The predicted octanol–water partition coefficient (Wildman–Crippen LogP) is 3.70. The summed E-state index contributed by atoms with van der Waals surface area (Å²) < 4.78 is 0. The number of hydrogen-bond acceptors (Lipinski definition) is 3. The molecule has 23 heavy (non-hydrogen) atoms. The molecule has 2 N–H and O–H groups in total. The second kappa shape index (κ2) is 7.07. The van der Waals surface area contributed by atoms with Gasteiger partial charge in [-0.15, -0.1) is 0 Å². The molecule has 0 spiro atoms. The predicted molar refractivity (Wildman–Crippen MR) is 90.2 cm³/mol. The van der Waals surface area contributed by atoms with Crippen molar-refractivity contribution in [1.29, 1.82) is 0 Å². The summed E-state index contributed by atoms with van der Waals surface area (Å²) in [5.74, 6) is 0.503. The zero-order valence-electron chi connectivity index (χ0n) is 12.3. The average Bonchev–Trinajstić information content (AvgIpc) is 3.02. The Balaban J connectivity index is 1.57. The van der Waals surface area contributed by atoms with Crippen LogP contribution in [0.25, 0.3) is 11.3 Å². The maximum Gasteiger partial charge on any atom is 0.225 e. The molecule has 0 saturated heterocycles. The first kappa shape index (κ1) is 15.2. The molecule has 3 rings (SSSR count). The first-order valence-corrected chi connectivity index (χ1v) is 7.58. The maximum absolute atomic E-state index is 12.0. The van der Waals surface area contributed by atoms with Crippen LogP contribution in [0.15, 0.2) is 54.9 Å². The molecule has 3 aromatic rings. The molecule has 2 aromatic heterocycles. The lowest BCUT2D eigenvalue weighted by atomic mass is 10.1. The molecule has 0 aliphatic rings. The number of halogens is 1. The number of aromatic nitrogens is 3. The topological polar surface area (TPSA) is 70.7 Å². The Hall–Kier alpha value is -2.66. The Kier molecular flexibility index (Phi) is 4.68. The number of carbonyl (C=O) groups is 1. The van der Waals surface area contributed by atoms with Crippen molar-refractivity contribution in [3.8, 4) is 11.3 Å². The van der Waals surface area contributed by atoms with Crippen LogP contribution in [-0.2, 0) is 11.2 Å². The Morgan fingerprint density at radius 3 is 2.78 bits per heavy atom. The summed E-state index contributed by atoms with van der Waals surface area (Å²) in [6.07, 6.45) is 4.42. The van der Waals surface area contributed by atoms with Gasteiger partial charge in [0.25, 0.3) is 0 Å². The van der Waals surface area contributed by atoms with E-state index < -0.39 is 0 Å². The summed E-state index contributed by atoms with van der Waals surface area (Å²) in [5, 5.41) is 10.5. The van der Waals surface area contributed by atoms with Crippen molar-refractivity contribution in [3.63, 3.8) is 0 Å². The molecule has 0 atom stereocenters. The van der Waals surface area contributed by atoms with Crippen molar-refractivity contribution in [2.24, 2.45) is 0 Å². The van der Waals surface area contributed by atoms with E-state index in [9.17, 15) is 4.79 Å². The number of carbonyl (C=O) groups excluding carboxylic acids is 1. The Labute approximate surface area is 138 Å². The summed E-state index contributed by atoms with van der Waals surface area (Å²) in [7, 11) is 0. The number of hydrogen-bond donors (Lipinski definition) is 2. The highest BCUT2D eigenvalue weighted by Gasteiger charge is 2.07. The number of H-pyrrole nitrogens is 1. The van der Waals surface area contributed by atoms with Gasteiger partial charge in [-0.1, -0.05) is 23.7 Å². The van der Waals surface area contributed by atoms with Gasteiger partial charge in [-0.3, -0.25) is 14.9 Å². The summed E-state index contributed by atoms with van der Waals surface area (Å²) in [6, 6.07) is 13.0. The second-order valence-electron chi connectivity index (χ2n) is 5.08. The van der Waals surface area contributed by atoms with Crippen LogP contribution in [0, 0.1) is 0 Å². The van der Waals surface area contributed by atoms with Crippen molar-refractivity contribution in [2.45, 2.75) is 12.8 Å². The second-order valence-corrected chi connectivity index (χ2v) is 5.52. The SMILES string of the molecule is O=C(CCc1cccc(Cl)c1)Nc1cc(-c2ccncc2)n[nH]1. The van der Waals surface area contributed by atoms with Crippen molar-refractivity contribution >= 4 is 23.3 Å². The summed E-state index contributed by atoms with van der Waals surface area (Å²) >= 11 is 5.93. The molecule has 1 amide bonds. The molecule has 0 bridgehead atoms. The minimum Gasteiger partial charge on any atom is -0.311 e.